The molecule has 0 saturated heterocycles. The molecule has 0 saturated carbocycles. The van der Waals surface area contributed by atoms with Gasteiger partial charge in [-0.05, 0) is 12.1 Å². The summed E-state index contributed by atoms with van der Waals surface area (Å²) in [7, 11) is 1.48. The van der Waals surface area contributed by atoms with E-state index in [0.29, 0.717) is 15.8 Å². The van der Waals surface area contributed by atoms with E-state index in [2.05, 4.69) is 5.32 Å². The number of ether oxygens (including phenoxy) is 2. The van der Waals surface area contributed by atoms with E-state index < -0.39 is 6.10 Å². The zero-order valence-corrected chi connectivity index (χ0v) is 12.6. The predicted octanol–water partition coefficient (Wildman–Crippen LogP) is 1.89. The quantitative estimate of drug-likeness (QED) is 0.767. The number of rotatable bonds is 8. The van der Waals surface area contributed by atoms with Gasteiger partial charge < -0.3 is 19.9 Å². The number of methoxy groups -OCH3 is 1. The van der Waals surface area contributed by atoms with Crippen molar-refractivity contribution in [1.82, 2.24) is 5.32 Å². The number of nitrogens with one attached hydrogen (secondary N) is 1. The lowest BCUT2D eigenvalue weighted by Crippen LogP contribution is -2.34. The molecule has 0 bridgehead atoms. The minimum Gasteiger partial charge on any atom is -0.493 e. The van der Waals surface area contributed by atoms with Gasteiger partial charge in [0.1, 0.15) is 5.75 Å². The minimum absolute atomic E-state index is 0.152. The van der Waals surface area contributed by atoms with Gasteiger partial charge in [-0.25, -0.2) is 0 Å². The summed E-state index contributed by atoms with van der Waals surface area (Å²) < 4.78 is 10.1. The third kappa shape index (κ3) is 6.43. The summed E-state index contributed by atoms with van der Waals surface area (Å²) >= 11 is 11.6. The van der Waals surface area contributed by atoms with Crippen molar-refractivity contribution in [3.8, 4) is 5.75 Å². The highest BCUT2D eigenvalue weighted by Gasteiger charge is 2.07. The van der Waals surface area contributed by atoms with Gasteiger partial charge in [0.15, 0.2) is 0 Å². The van der Waals surface area contributed by atoms with Crippen LogP contribution in [-0.2, 0) is 9.53 Å². The van der Waals surface area contributed by atoms with Crippen molar-refractivity contribution in [1.29, 1.82) is 0 Å². The minimum atomic E-state index is -0.708. The topological polar surface area (TPSA) is 67.8 Å². The summed E-state index contributed by atoms with van der Waals surface area (Å²) in [5.41, 5.74) is 0. The average molecular weight is 322 g/mol. The number of benzene rings is 1. The molecule has 1 rings (SSSR count). The van der Waals surface area contributed by atoms with Gasteiger partial charge in [0.05, 0.1) is 35.8 Å². The summed E-state index contributed by atoms with van der Waals surface area (Å²) in [5, 5.41) is 12.8. The largest absolute Gasteiger partial charge is 0.493 e. The Morgan fingerprint density at radius 1 is 1.40 bits per heavy atom. The highest BCUT2D eigenvalue weighted by atomic mass is 35.5. The standard InChI is InChI=1S/C13H17Cl2NO4/c1-19-8-9(17)7-16-13(18)4-5-20-10-2-3-11(14)12(15)6-10/h2-3,6,9,17H,4-5,7-8H2,1H3,(H,16,18). The normalized spacial score (nSPS) is 12.0. The van der Waals surface area contributed by atoms with Gasteiger partial charge in [0.25, 0.3) is 0 Å². The molecule has 0 aliphatic rings. The summed E-state index contributed by atoms with van der Waals surface area (Å²) in [4.78, 5) is 11.5. The Bertz CT molecular complexity index is 442. The molecule has 1 unspecified atom stereocenters. The number of halogens is 2. The molecule has 1 atom stereocenters. The molecule has 2 N–H and O–H groups in total. The Balaban J connectivity index is 2.23. The van der Waals surface area contributed by atoms with Crippen LogP contribution in [-0.4, -0.2) is 44.0 Å². The highest BCUT2D eigenvalue weighted by Crippen LogP contribution is 2.26. The molecule has 0 radical (unpaired) electrons. The van der Waals surface area contributed by atoms with Gasteiger partial charge in [-0.1, -0.05) is 23.2 Å². The Hall–Kier alpha value is -1.01. The average Bonchev–Trinajstić information content (AvgIpc) is 2.41. The van der Waals surface area contributed by atoms with Crippen LogP contribution in [0.3, 0.4) is 0 Å². The number of hydrogen-bond acceptors (Lipinski definition) is 4. The van der Waals surface area contributed by atoms with E-state index in [0.717, 1.165) is 0 Å². The zero-order chi connectivity index (χ0) is 15.0. The second-order valence-electron chi connectivity index (χ2n) is 4.09. The van der Waals surface area contributed by atoms with E-state index in [1.54, 1.807) is 18.2 Å². The Labute approximate surface area is 127 Å². The molecule has 112 valence electrons. The molecule has 0 fully saturated rings. The monoisotopic (exact) mass is 321 g/mol. The molecule has 20 heavy (non-hydrogen) atoms. The van der Waals surface area contributed by atoms with E-state index in [1.807, 2.05) is 0 Å². The molecular weight excluding hydrogens is 305 g/mol. The second kappa shape index (κ2) is 9.02. The van der Waals surface area contributed by atoms with Crippen LogP contribution < -0.4 is 10.1 Å². The van der Waals surface area contributed by atoms with Crippen LogP contribution in [0.25, 0.3) is 0 Å². The lowest BCUT2D eigenvalue weighted by Gasteiger charge is -2.11. The van der Waals surface area contributed by atoms with Crippen LogP contribution in [0.1, 0.15) is 6.42 Å². The van der Waals surface area contributed by atoms with Gasteiger partial charge in [0, 0.05) is 19.7 Å². The van der Waals surface area contributed by atoms with Gasteiger partial charge >= 0.3 is 0 Å². The molecule has 0 heterocycles. The number of carbonyl (C=O) groups excluding carboxylic acids is 1. The van der Waals surface area contributed by atoms with E-state index in [9.17, 15) is 9.90 Å². The summed E-state index contributed by atoms with van der Waals surface area (Å²) in [5.74, 6) is 0.340. The first-order valence-electron chi connectivity index (χ1n) is 6.04. The van der Waals surface area contributed by atoms with Crippen molar-refractivity contribution in [3.05, 3.63) is 28.2 Å². The van der Waals surface area contributed by atoms with E-state index >= 15 is 0 Å². The van der Waals surface area contributed by atoms with Crippen molar-refractivity contribution >= 4 is 29.1 Å². The maximum atomic E-state index is 11.5. The number of carbonyl (C=O) groups is 1. The summed E-state index contributed by atoms with van der Waals surface area (Å²) in [6, 6.07) is 4.89. The first kappa shape index (κ1) is 17.0. The molecule has 5 nitrogen and oxygen atoms in total. The van der Waals surface area contributed by atoms with Gasteiger partial charge in [-0.2, -0.15) is 0 Å². The zero-order valence-electron chi connectivity index (χ0n) is 11.1. The maximum absolute atomic E-state index is 11.5. The third-order valence-electron chi connectivity index (χ3n) is 2.38. The van der Waals surface area contributed by atoms with E-state index in [4.69, 9.17) is 32.7 Å². The summed E-state index contributed by atoms with van der Waals surface area (Å²) in [6.07, 6.45) is -0.528. The molecule has 1 amide bonds. The lowest BCUT2D eigenvalue weighted by atomic mass is 10.3. The van der Waals surface area contributed by atoms with Crippen LogP contribution >= 0.6 is 23.2 Å². The molecule has 0 aliphatic carbocycles. The van der Waals surface area contributed by atoms with Crippen LogP contribution in [0.5, 0.6) is 5.75 Å². The lowest BCUT2D eigenvalue weighted by molar-refractivity contribution is -0.122. The fourth-order valence-electron chi connectivity index (χ4n) is 1.40. The van der Waals surface area contributed by atoms with Gasteiger partial charge in [-0.15, -0.1) is 0 Å². The predicted molar refractivity (Wildman–Crippen MR) is 77.5 cm³/mol. The molecule has 0 aliphatic heterocycles. The molecule has 0 aromatic heterocycles. The van der Waals surface area contributed by atoms with Crippen LogP contribution in [0, 0.1) is 0 Å². The smallest absolute Gasteiger partial charge is 0.223 e. The highest BCUT2D eigenvalue weighted by molar-refractivity contribution is 6.42. The van der Waals surface area contributed by atoms with Gasteiger partial charge in [-0.3, -0.25) is 4.79 Å². The van der Waals surface area contributed by atoms with Crippen molar-refractivity contribution in [2.45, 2.75) is 12.5 Å². The molecule has 0 spiro atoms. The second-order valence-corrected chi connectivity index (χ2v) is 4.90. The molecule has 1 aromatic rings. The van der Waals surface area contributed by atoms with Crippen molar-refractivity contribution < 1.29 is 19.4 Å². The molecule has 1 aromatic carbocycles. The van der Waals surface area contributed by atoms with Crippen molar-refractivity contribution in [2.24, 2.45) is 0 Å². The number of hydrogen-bond donors (Lipinski definition) is 2. The molecular formula is C13H17Cl2NO4. The first-order chi connectivity index (χ1) is 9.52. The van der Waals surface area contributed by atoms with Crippen molar-refractivity contribution in [2.75, 3.05) is 26.9 Å². The fraction of sp³-hybridized carbons (Fsp3) is 0.462. The van der Waals surface area contributed by atoms with E-state index in [-0.39, 0.29) is 32.1 Å². The Morgan fingerprint density at radius 2 is 2.15 bits per heavy atom. The van der Waals surface area contributed by atoms with Gasteiger partial charge in [0.2, 0.25) is 5.91 Å². The maximum Gasteiger partial charge on any atom is 0.223 e. The number of aliphatic hydroxyl groups excluding tert-OH is 1. The SMILES string of the molecule is COCC(O)CNC(=O)CCOc1ccc(Cl)c(Cl)c1. The Kier molecular flexibility index (Phi) is 7.69. The summed E-state index contributed by atoms with van der Waals surface area (Å²) in [6.45, 7) is 0.545. The van der Waals surface area contributed by atoms with Crippen LogP contribution in [0.2, 0.25) is 10.0 Å². The van der Waals surface area contributed by atoms with Crippen LogP contribution in [0.4, 0.5) is 0 Å². The Morgan fingerprint density at radius 3 is 2.80 bits per heavy atom. The molecule has 7 heteroatoms. The first-order valence-corrected chi connectivity index (χ1v) is 6.80. The number of aliphatic hydroxyl groups is 1. The van der Waals surface area contributed by atoms with Crippen LogP contribution in [0.15, 0.2) is 18.2 Å². The van der Waals surface area contributed by atoms with E-state index in [1.165, 1.54) is 7.11 Å². The fourth-order valence-corrected chi connectivity index (χ4v) is 1.69. The third-order valence-corrected chi connectivity index (χ3v) is 3.12. The van der Waals surface area contributed by atoms with Crippen molar-refractivity contribution in [3.63, 3.8) is 0 Å². The number of amides is 1.